The van der Waals surface area contributed by atoms with Crippen LogP contribution in [0.2, 0.25) is 5.31 Å². The quantitative estimate of drug-likeness (QED) is 0.398. The second kappa shape index (κ2) is 6.78. The summed E-state index contributed by atoms with van der Waals surface area (Å²) in [5, 5.41) is 11.5. The smallest absolute Gasteiger partial charge is 0.311 e. The third-order valence-corrected chi connectivity index (χ3v) is 2.61. The molecule has 104 valence electrons. The maximum Gasteiger partial charge on any atom is 0.311 e. The molecule has 0 spiro atoms. The van der Waals surface area contributed by atoms with Gasteiger partial charge < -0.3 is 15.1 Å². The van der Waals surface area contributed by atoms with E-state index in [2.05, 4.69) is 5.32 Å². The SMILES string of the molecule is CC(=O)NCCOC(=O)C(C)(C)CC(C)(C)BO. The highest BCUT2D eigenvalue weighted by atomic mass is 16.5. The summed E-state index contributed by atoms with van der Waals surface area (Å²) < 4.78 is 5.11. The second-order valence-electron chi connectivity index (χ2n) is 6.00. The highest BCUT2D eigenvalue weighted by molar-refractivity contribution is 6.30. The molecule has 6 heteroatoms. The van der Waals surface area contributed by atoms with Crippen molar-refractivity contribution in [1.82, 2.24) is 5.32 Å². The fourth-order valence-electron chi connectivity index (χ4n) is 1.89. The first kappa shape index (κ1) is 17.0. The molecule has 0 aliphatic rings. The zero-order valence-corrected chi connectivity index (χ0v) is 12.0. The van der Waals surface area contributed by atoms with E-state index in [0.29, 0.717) is 13.0 Å². The van der Waals surface area contributed by atoms with Gasteiger partial charge >= 0.3 is 5.97 Å². The fourth-order valence-corrected chi connectivity index (χ4v) is 1.89. The van der Waals surface area contributed by atoms with Crippen molar-refractivity contribution in [3.8, 4) is 0 Å². The molecule has 0 radical (unpaired) electrons. The van der Waals surface area contributed by atoms with Gasteiger partial charge in [0.1, 0.15) is 6.61 Å². The van der Waals surface area contributed by atoms with Crippen LogP contribution in [0.4, 0.5) is 0 Å². The van der Waals surface area contributed by atoms with Crippen molar-refractivity contribution in [2.24, 2.45) is 5.41 Å². The predicted octanol–water partition coefficient (Wildman–Crippen LogP) is 0.624. The van der Waals surface area contributed by atoms with Gasteiger partial charge in [0.05, 0.1) is 12.0 Å². The van der Waals surface area contributed by atoms with E-state index < -0.39 is 5.41 Å². The van der Waals surface area contributed by atoms with Crippen LogP contribution < -0.4 is 5.32 Å². The molecule has 0 saturated heterocycles. The Morgan fingerprint density at radius 2 is 1.83 bits per heavy atom. The molecule has 0 aliphatic carbocycles. The molecule has 5 nitrogen and oxygen atoms in total. The van der Waals surface area contributed by atoms with Crippen molar-refractivity contribution in [2.75, 3.05) is 13.2 Å². The first-order valence-corrected chi connectivity index (χ1v) is 6.13. The maximum absolute atomic E-state index is 11.9. The molecule has 0 aromatic heterocycles. The molecule has 0 aromatic rings. The zero-order chi connectivity index (χ0) is 14.4. The number of rotatable bonds is 7. The zero-order valence-electron chi connectivity index (χ0n) is 12.0. The average Bonchev–Trinajstić information content (AvgIpc) is 2.22. The number of nitrogens with one attached hydrogen (secondary N) is 1. The van der Waals surface area contributed by atoms with Gasteiger partial charge in [-0.1, -0.05) is 13.8 Å². The van der Waals surface area contributed by atoms with Crippen LogP contribution in [0.5, 0.6) is 0 Å². The number of ether oxygens (including phenoxy) is 1. The van der Waals surface area contributed by atoms with Crippen molar-refractivity contribution >= 4 is 19.4 Å². The number of carbonyl (C=O) groups is 2. The molecule has 0 fully saturated rings. The van der Waals surface area contributed by atoms with E-state index in [9.17, 15) is 14.6 Å². The topological polar surface area (TPSA) is 75.6 Å². The number of hydrogen-bond acceptors (Lipinski definition) is 4. The van der Waals surface area contributed by atoms with Gasteiger partial charge in [0.15, 0.2) is 0 Å². The van der Waals surface area contributed by atoms with Gasteiger partial charge in [0, 0.05) is 6.92 Å². The van der Waals surface area contributed by atoms with Gasteiger partial charge in [0.2, 0.25) is 5.91 Å². The monoisotopic (exact) mass is 257 g/mol. The summed E-state index contributed by atoms with van der Waals surface area (Å²) in [6.07, 6.45) is 0.537. The summed E-state index contributed by atoms with van der Waals surface area (Å²) in [5.41, 5.74) is -0.650. The summed E-state index contributed by atoms with van der Waals surface area (Å²) in [4.78, 5) is 22.5. The molecular formula is C12H24BNO4. The second-order valence-corrected chi connectivity index (χ2v) is 6.00. The molecule has 1 amide bonds. The molecule has 2 N–H and O–H groups in total. The lowest BCUT2D eigenvalue weighted by atomic mass is 9.59. The first-order chi connectivity index (χ1) is 8.10. The Balaban J connectivity index is 4.18. The first-order valence-electron chi connectivity index (χ1n) is 6.13. The van der Waals surface area contributed by atoms with Crippen molar-refractivity contribution in [2.45, 2.75) is 46.4 Å². The van der Waals surface area contributed by atoms with Crippen LogP contribution in [-0.4, -0.2) is 37.5 Å². The number of amides is 1. The van der Waals surface area contributed by atoms with Crippen LogP contribution in [-0.2, 0) is 14.3 Å². The van der Waals surface area contributed by atoms with Crippen LogP contribution in [0, 0.1) is 5.41 Å². The molecule has 0 aromatic carbocycles. The van der Waals surface area contributed by atoms with E-state index in [4.69, 9.17) is 4.74 Å². The van der Waals surface area contributed by atoms with Gasteiger partial charge in [-0.3, -0.25) is 9.59 Å². The van der Waals surface area contributed by atoms with Crippen molar-refractivity contribution in [3.05, 3.63) is 0 Å². The van der Waals surface area contributed by atoms with Gasteiger partial charge in [0.25, 0.3) is 7.48 Å². The summed E-state index contributed by atoms with van der Waals surface area (Å²) in [7, 11) is 0.0234. The minimum Gasteiger partial charge on any atom is -0.463 e. The Labute approximate surface area is 110 Å². The molecule has 0 aliphatic heterocycles. The molecule has 0 saturated carbocycles. The molecular weight excluding hydrogens is 233 g/mol. The van der Waals surface area contributed by atoms with E-state index in [1.807, 2.05) is 13.8 Å². The molecule has 18 heavy (non-hydrogen) atoms. The minimum absolute atomic E-state index is 0.0234. The van der Waals surface area contributed by atoms with Crippen LogP contribution in [0.25, 0.3) is 0 Å². The Bertz CT molecular complexity index is 302. The molecule has 0 bridgehead atoms. The Morgan fingerprint density at radius 3 is 2.28 bits per heavy atom. The lowest BCUT2D eigenvalue weighted by Gasteiger charge is -2.31. The van der Waals surface area contributed by atoms with E-state index in [0.717, 1.165) is 0 Å². The van der Waals surface area contributed by atoms with Crippen LogP contribution in [0.1, 0.15) is 41.0 Å². The van der Waals surface area contributed by atoms with Crippen LogP contribution in [0.3, 0.4) is 0 Å². The van der Waals surface area contributed by atoms with Crippen molar-refractivity contribution in [3.63, 3.8) is 0 Å². The maximum atomic E-state index is 11.9. The molecule has 0 atom stereocenters. The Kier molecular flexibility index (Phi) is 6.39. The lowest BCUT2D eigenvalue weighted by Crippen LogP contribution is -2.34. The minimum atomic E-state index is -0.650. The average molecular weight is 257 g/mol. The number of esters is 1. The van der Waals surface area contributed by atoms with Gasteiger partial charge in [-0.2, -0.15) is 0 Å². The standard InChI is InChI=1S/C12H24BNO4/c1-9(15)14-6-7-18-10(16)11(2,3)8-12(4,5)13-17/h13,17H,6-8H2,1-5H3,(H,14,15). The Morgan fingerprint density at radius 1 is 1.28 bits per heavy atom. The van der Waals surface area contributed by atoms with Crippen molar-refractivity contribution < 1.29 is 19.3 Å². The summed E-state index contributed by atoms with van der Waals surface area (Å²) in [6.45, 7) is 9.30. The Hall–Kier alpha value is -1.04. The summed E-state index contributed by atoms with van der Waals surface area (Å²) >= 11 is 0. The number of carbonyl (C=O) groups excluding carboxylic acids is 2. The van der Waals surface area contributed by atoms with Crippen LogP contribution in [0.15, 0.2) is 0 Å². The van der Waals surface area contributed by atoms with Crippen LogP contribution >= 0.6 is 0 Å². The third kappa shape index (κ3) is 6.64. The van der Waals surface area contributed by atoms with E-state index in [1.54, 1.807) is 13.8 Å². The molecule has 0 heterocycles. The normalized spacial score (nSPS) is 11.9. The van der Waals surface area contributed by atoms with Crippen molar-refractivity contribution in [1.29, 1.82) is 0 Å². The van der Waals surface area contributed by atoms with E-state index in [-0.39, 0.29) is 31.3 Å². The van der Waals surface area contributed by atoms with E-state index in [1.165, 1.54) is 6.92 Å². The number of hydrogen-bond donors (Lipinski definition) is 2. The summed E-state index contributed by atoms with van der Waals surface area (Å²) in [5.74, 6) is -0.457. The lowest BCUT2D eigenvalue weighted by molar-refractivity contribution is -0.154. The predicted molar refractivity (Wildman–Crippen MR) is 71.4 cm³/mol. The van der Waals surface area contributed by atoms with E-state index >= 15 is 0 Å². The largest absolute Gasteiger partial charge is 0.463 e. The van der Waals surface area contributed by atoms with Gasteiger partial charge in [-0.05, 0) is 25.6 Å². The summed E-state index contributed by atoms with van der Waals surface area (Å²) in [6, 6.07) is 0. The van der Waals surface area contributed by atoms with Gasteiger partial charge in [-0.25, -0.2) is 0 Å². The molecule has 0 rings (SSSR count). The molecule has 0 unspecified atom stereocenters. The highest BCUT2D eigenvalue weighted by Crippen LogP contribution is 2.38. The fraction of sp³-hybridized carbons (Fsp3) is 0.833. The van der Waals surface area contributed by atoms with Gasteiger partial charge in [-0.15, -0.1) is 0 Å². The third-order valence-electron chi connectivity index (χ3n) is 2.61. The highest BCUT2D eigenvalue weighted by Gasteiger charge is 2.36.